The average Bonchev–Trinajstić information content (AvgIpc) is 2.68. The Hall–Kier alpha value is -0.900. The predicted octanol–water partition coefficient (Wildman–Crippen LogP) is 3.70. The van der Waals surface area contributed by atoms with Crippen molar-refractivity contribution in [3.8, 4) is 0 Å². The van der Waals surface area contributed by atoms with Crippen LogP contribution in [0.2, 0.25) is 5.02 Å². The number of thiazole rings is 1. The van der Waals surface area contributed by atoms with Crippen LogP contribution >= 0.6 is 22.9 Å². The summed E-state index contributed by atoms with van der Waals surface area (Å²) in [6.45, 7) is 5.86. The van der Waals surface area contributed by atoms with Crippen LogP contribution < -0.4 is 5.32 Å². The summed E-state index contributed by atoms with van der Waals surface area (Å²) in [7, 11) is 0. The van der Waals surface area contributed by atoms with Gasteiger partial charge in [0.25, 0.3) is 0 Å². The fourth-order valence-corrected chi connectivity index (χ4v) is 2.64. The van der Waals surface area contributed by atoms with E-state index < -0.39 is 0 Å². The second-order valence-corrected chi connectivity index (χ2v) is 5.41. The molecule has 0 atom stereocenters. The molecule has 0 aliphatic carbocycles. The maximum absolute atomic E-state index is 5.93. The molecule has 0 saturated heterocycles. The highest BCUT2D eigenvalue weighted by molar-refractivity contribution is 7.09. The van der Waals surface area contributed by atoms with Crippen LogP contribution in [-0.4, -0.2) is 4.98 Å². The van der Waals surface area contributed by atoms with Gasteiger partial charge in [0.15, 0.2) is 0 Å². The Kier molecular flexibility index (Phi) is 4.15. The molecule has 0 aliphatic rings. The maximum Gasteiger partial charge on any atom is 0.0798 e. The monoisotopic (exact) mass is 266 g/mol. The zero-order valence-electron chi connectivity index (χ0n) is 9.96. The highest BCUT2D eigenvalue weighted by Crippen LogP contribution is 2.16. The summed E-state index contributed by atoms with van der Waals surface area (Å²) in [5, 5.41) is 4.23. The Bertz CT molecular complexity index is 508. The van der Waals surface area contributed by atoms with E-state index in [1.54, 1.807) is 11.3 Å². The fourth-order valence-electron chi connectivity index (χ4n) is 1.66. The van der Waals surface area contributed by atoms with Crippen LogP contribution in [0.5, 0.6) is 0 Å². The van der Waals surface area contributed by atoms with E-state index in [-0.39, 0.29) is 0 Å². The maximum atomic E-state index is 5.93. The largest absolute Gasteiger partial charge is 0.308 e. The molecule has 17 heavy (non-hydrogen) atoms. The van der Waals surface area contributed by atoms with E-state index in [0.29, 0.717) is 0 Å². The van der Waals surface area contributed by atoms with Gasteiger partial charge in [-0.1, -0.05) is 17.7 Å². The van der Waals surface area contributed by atoms with E-state index in [0.717, 1.165) is 23.8 Å². The van der Waals surface area contributed by atoms with Gasteiger partial charge in [0.05, 0.1) is 11.2 Å². The van der Waals surface area contributed by atoms with Crippen LogP contribution in [0.25, 0.3) is 0 Å². The third-order valence-electron chi connectivity index (χ3n) is 2.75. The molecule has 1 heterocycles. The smallest absolute Gasteiger partial charge is 0.0798 e. The number of benzene rings is 1. The lowest BCUT2D eigenvalue weighted by Crippen LogP contribution is -2.13. The van der Waals surface area contributed by atoms with Gasteiger partial charge >= 0.3 is 0 Å². The number of halogens is 1. The highest BCUT2D eigenvalue weighted by atomic mass is 35.5. The van der Waals surface area contributed by atoms with E-state index in [2.05, 4.69) is 23.3 Å². The van der Waals surface area contributed by atoms with Crippen molar-refractivity contribution in [2.24, 2.45) is 0 Å². The van der Waals surface area contributed by atoms with E-state index in [1.807, 2.05) is 24.6 Å². The minimum Gasteiger partial charge on any atom is -0.308 e. The van der Waals surface area contributed by atoms with E-state index >= 15 is 0 Å². The molecule has 0 fully saturated rings. The molecule has 1 aromatic heterocycles. The SMILES string of the molecule is Cc1cc(Cl)ccc1CNCc1scnc1C. The molecule has 0 radical (unpaired) electrons. The van der Waals surface area contributed by atoms with Crippen molar-refractivity contribution in [2.45, 2.75) is 26.9 Å². The molecule has 4 heteroatoms. The minimum atomic E-state index is 0.796. The molecule has 0 unspecified atom stereocenters. The van der Waals surface area contributed by atoms with Crippen molar-refractivity contribution in [3.63, 3.8) is 0 Å². The van der Waals surface area contributed by atoms with Crippen molar-refractivity contribution < 1.29 is 0 Å². The van der Waals surface area contributed by atoms with E-state index in [4.69, 9.17) is 11.6 Å². The summed E-state index contributed by atoms with van der Waals surface area (Å²) in [5.41, 5.74) is 5.53. The molecule has 0 saturated carbocycles. The summed E-state index contributed by atoms with van der Waals surface area (Å²) >= 11 is 7.62. The molecule has 0 amide bonds. The first-order chi connectivity index (χ1) is 8.16. The second kappa shape index (κ2) is 5.63. The summed E-state index contributed by atoms with van der Waals surface area (Å²) in [4.78, 5) is 5.53. The lowest BCUT2D eigenvalue weighted by molar-refractivity contribution is 0.694. The predicted molar refractivity (Wildman–Crippen MR) is 73.6 cm³/mol. The van der Waals surface area contributed by atoms with Gasteiger partial charge in [0.2, 0.25) is 0 Å². The van der Waals surface area contributed by atoms with Gasteiger partial charge < -0.3 is 5.32 Å². The molecule has 0 aliphatic heterocycles. The van der Waals surface area contributed by atoms with Gasteiger partial charge in [-0.05, 0) is 37.1 Å². The molecular formula is C13H15ClN2S. The molecule has 2 rings (SSSR count). The first-order valence-corrected chi connectivity index (χ1v) is 6.77. The molecular weight excluding hydrogens is 252 g/mol. The number of nitrogens with one attached hydrogen (secondary N) is 1. The third-order valence-corrected chi connectivity index (χ3v) is 3.92. The van der Waals surface area contributed by atoms with Crippen molar-refractivity contribution in [1.82, 2.24) is 10.3 Å². The number of rotatable bonds is 4. The van der Waals surface area contributed by atoms with Crippen molar-refractivity contribution in [3.05, 3.63) is 50.4 Å². The Balaban J connectivity index is 1.92. The molecule has 1 aromatic carbocycles. The fraction of sp³-hybridized carbons (Fsp3) is 0.308. The summed E-state index contributed by atoms with van der Waals surface area (Å²) < 4.78 is 0. The minimum absolute atomic E-state index is 0.796. The van der Waals surface area contributed by atoms with Crippen LogP contribution in [0, 0.1) is 13.8 Å². The molecule has 90 valence electrons. The van der Waals surface area contributed by atoms with Crippen LogP contribution in [0.1, 0.15) is 21.7 Å². The summed E-state index contributed by atoms with van der Waals surface area (Å²) in [6, 6.07) is 6.00. The number of hydrogen-bond acceptors (Lipinski definition) is 3. The average molecular weight is 267 g/mol. The molecule has 2 nitrogen and oxygen atoms in total. The first-order valence-electron chi connectivity index (χ1n) is 5.51. The van der Waals surface area contributed by atoms with Crippen LogP contribution in [0.4, 0.5) is 0 Å². The lowest BCUT2D eigenvalue weighted by atomic mass is 10.1. The molecule has 0 bridgehead atoms. The standard InChI is InChI=1S/C13H15ClN2S/c1-9-5-12(14)4-3-11(9)6-15-7-13-10(2)16-8-17-13/h3-5,8,15H,6-7H2,1-2H3. The third kappa shape index (κ3) is 3.28. The van der Waals surface area contributed by atoms with Gasteiger partial charge in [-0.2, -0.15) is 0 Å². The normalized spacial score (nSPS) is 10.8. The van der Waals surface area contributed by atoms with E-state index in [9.17, 15) is 0 Å². The van der Waals surface area contributed by atoms with Crippen LogP contribution in [-0.2, 0) is 13.1 Å². The van der Waals surface area contributed by atoms with Crippen molar-refractivity contribution in [1.29, 1.82) is 0 Å². The Labute approximate surface area is 111 Å². The number of aryl methyl sites for hydroxylation is 2. The summed E-state index contributed by atoms with van der Waals surface area (Å²) in [5.74, 6) is 0. The number of hydrogen-bond donors (Lipinski definition) is 1. The van der Waals surface area contributed by atoms with Crippen LogP contribution in [0.3, 0.4) is 0 Å². The molecule has 2 aromatic rings. The first kappa shape index (κ1) is 12.6. The topological polar surface area (TPSA) is 24.9 Å². The van der Waals surface area contributed by atoms with Crippen molar-refractivity contribution >= 4 is 22.9 Å². The van der Waals surface area contributed by atoms with E-state index in [1.165, 1.54) is 16.0 Å². The van der Waals surface area contributed by atoms with Gasteiger partial charge in [0.1, 0.15) is 0 Å². The van der Waals surface area contributed by atoms with Gasteiger partial charge in [0, 0.05) is 23.0 Å². The van der Waals surface area contributed by atoms with Gasteiger partial charge in [-0.3, -0.25) is 0 Å². The number of aromatic nitrogens is 1. The lowest BCUT2D eigenvalue weighted by Gasteiger charge is -2.07. The Morgan fingerprint density at radius 3 is 2.76 bits per heavy atom. The molecule has 1 N–H and O–H groups in total. The zero-order valence-corrected chi connectivity index (χ0v) is 11.5. The Morgan fingerprint density at radius 2 is 2.12 bits per heavy atom. The van der Waals surface area contributed by atoms with Crippen LogP contribution in [0.15, 0.2) is 23.7 Å². The second-order valence-electron chi connectivity index (χ2n) is 4.04. The van der Waals surface area contributed by atoms with Gasteiger partial charge in [-0.25, -0.2) is 4.98 Å². The Morgan fingerprint density at radius 1 is 1.29 bits per heavy atom. The zero-order chi connectivity index (χ0) is 12.3. The van der Waals surface area contributed by atoms with Crippen molar-refractivity contribution in [2.75, 3.05) is 0 Å². The quantitative estimate of drug-likeness (QED) is 0.913. The number of nitrogens with zero attached hydrogens (tertiary/aromatic N) is 1. The van der Waals surface area contributed by atoms with Gasteiger partial charge in [-0.15, -0.1) is 11.3 Å². The highest BCUT2D eigenvalue weighted by Gasteiger charge is 2.02. The summed E-state index contributed by atoms with van der Waals surface area (Å²) in [6.07, 6.45) is 0. The molecule has 0 spiro atoms.